The first-order valence-electron chi connectivity index (χ1n) is 13.5. The van der Waals surface area contributed by atoms with Crippen LogP contribution in [0.1, 0.15) is 37.3 Å². The van der Waals surface area contributed by atoms with E-state index in [-0.39, 0.29) is 36.4 Å². The molecule has 0 radical (unpaired) electrons. The minimum atomic E-state index is -2.58. The molecule has 4 aromatic rings. The number of carbonyl (C=O) groups excluding carboxylic acids is 1. The smallest absolute Gasteiger partial charge is 0.251 e. The van der Waals surface area contributed by atoms with Crippen molar-refractivity contribution in [1.82, 2.24) is 29.8 Å². The third-order valence-corrected chi connectivity index (χ3v) is 8.38. The molecule has 1 saturated carbocycles. The third kappa shape index (κ3) is 6.07. The Morgan fingerprint density at radius 3 is 2.67 bits per heavy atom. The molecule has 2 aromatic carbocycles. The van der Waals surface area contributed by atoms with Crippen LogP contribution in [0.15, 0.2) is 66.3 Å². The van der Waals surface area contributed by atoms with Gasteiger partial charge in [0.05, 0.1) is 16.8 Å². The first-order valence-corrected chi connectivity index (χ1v) is 14.3. The molecule has 13 heteroatoms. The molecule has 0 spiro atoms. The number of likely N-dealkylation sites (tertiary alicyclic amines) is 1. The van der Waals surface area contributed by atoms with Crippen LogP contribution in [0, 0.1) is 5.82 Å². The lowest BCUT2D eigenvalue weighted by molar-refractivity contribution is -0.127. The number of carbonyl (C=O) groups is 1. The number of hydrogen-bond donors (Lipinski definition) is 3. The van der Waals surface area contributed by atoms with Gasteiger partial charge in [0.25, 0.3) is 5.92 Å². The number of benzene rings is 2. The highest BCUT2D eigenvalue weighted by Gasteiger charge is 2.45. The third-order valence-electron chi connectivity index (χ3n) is 7.44. The van der Waals surface area contributed by atoms with E-state index in [0.717, 1.165) is 23.4 Å². The van der Waals surface area contributed by atoms with Crippen LogP contribution in [0.2, 0.25) is 0 Å². The van der Waals surface area contributed by atoms with Gasteiger partial charge in [-0.3, -0.25) is 14.6 Å². The van der Waals surface area contributed by atoms with Crippen LogP contribution in [0.3, 0.4) is 0 Å². The lowest BCUT2D eigenvalue weighted by atomic mass is 9.89. The lowest BCUT2D eigenvalue weighted by Crippen LogP contribution is -2.46. The number of rotatable bonds is 9. The Labute approximate surface area is 244 Å². The van der Waals surface area contributed by atoms with E-state index in [1.54, 1.807) is 35.2 Å². The summed E-state index contributed by atoms with van der Waals surface area (Å²) < 4.78 is 50.3. The SMILES string of the molecule is C=CC(=O)N1CCC(c2[nH]nc3ncnc(Nc4ccc(Oc5cccc(SNC6CC(F)(F)C6)c5)cc4F)c23)CC1. The molecule has 0 bridgehead atoms. The lowest BCUT2D eigenvalue weighted by Gasteiger charge is -2.34. The predicted molar refractivity (Wildman–Crippen MR) is 154 cm³/mol. The van der Waals surface area contributed by atoms with E-state index in [1.165, 1.54) is 30.4 Å². The summed E-state index contributed by atoms with van der Waals surface area (Å²) in [5, 5.41) is 11.2. The average molecular weight is 596 g/mol. The van der Waals surface area contributed by atoms with Crippen molar-refractivity contribution in [3.05, 3.63) is 73.0 Å². The number of halogens is 3. The molecule has 6 rings (SSSR count). The Morgan fingerprint density at radius 2 is 1.93 bits per heavy atom. The fourth-order valence-electron chi connectivity index (χ4n) is 5.21. The van der Waals surface area contributed by atoms with Gasteiger partial charge in [0.1, 0.15) is 29.5 Å². The molecule has 0 atom stereocenters. The fraction of sp³-hybridized carbons (Fsp3) is 0.310. The quantitative estimate of drug-likeness (QED) is 0.153. The van der Waals surface area contributed by atoms with Gasteiger partial charge in [0.15, 0.2) is 5.65 Å². The van der Waals surface area contributed by atoms with E-state index in [4.69, 9.17) is 4.74 Å². The molecule has 2 fully saturated rings. The topological polar surface area (TPSA) is 108 Å². The number of hydrogen-bond acceptors (Lipinski definition) is 8. The summed E-state index contributed by atoms with van der Waals surface area (Å²) in [4.78, 5) is 23.2. The van der Waals surface area contributed by atoms with E-state index in [0.29, 0.717) is 41.4 Å². The monoisotopic (exact) mass is 595 g/mol. The van der Waals surface area contributed by atoms with Crippen LogP contribution < -0.4 is 14.8 Å². The minimum absolute atomic E-state index is 0.0845. The normalized spacial score (nSPS) is 17.2. The van der Waals surface area contributed by atoms with Crippen molar-refractivity contribution < 1.29 is 22.7 Å². The number of nitrogens with zero attached hydrogens (tertiary/aromatic N) is 4. The number of aromatic amines is 1. The number of aromatic nitrogens is 4. The maximum absolute atomic E-state index is 15.2. The van der Waals surface area contributed by atoms with Gasteiger partial charge in [-0.2, -0.15) is 5.10 Å². The molecule has 2 aromatic heterocycles. The van der Waals surface area contributed by atoms with Crippen molar-refractivity contribution in [2.75, 3.05) is 18.4 Å². The van der Waals surface area contributed by atoms with E-state index in [2.05, 4.69) is 36.8 Å². The summed E-state index contributed by atoms with van der Waals surface area (Å²) >= 11 is 1.26. The summed E-state index contributed by atoms with van der Waals surface area (Å²) in [6, 6.07) is 11.4. The summed E-state index contributed by atoms with van der Waals surface area (Å²) in [7, 11) is 0. The van der Waals surface area contributed by atoms with E-state index in [1.807, 2.05) is 6.07 Å². The minimum Gasteiger partial charge on any atom is -0.457 e. The Balaban J connectivity index is 1.13. The predicted octanol–water partition coefficient (Wildman–Crippen LogP) is 6.31. The zero-order valence-electron chi connectivity index (χ0n) is 22.4. The molecular formula is C29H28F3N7O2S. The molecule has 1 saturated heterocycles. The van der Waals surface area contributed by atoms with Crippen LogP contribution >= 0.6 is 11.9 Å². The maximum atomic E-state index is 15.2. The number of amides is 1. The average Bonchev–Trinajstić information content (AvgIpc) is 3.41. The van der Waals surface area contributed by atoms with Gasteiger partial charge in [-0.15, -0.1) is 0 Å². The largest absolute Gasteiger partial charge is 0.457 e. The number of nitrogens with one attached hydrogen (secondary N) is 3. The van der Waals surface area contributed by atoms with Crippen LogP contribution in [0.25, 0.3) is 11.0 Å². The summed E-state index contributed by atoms with van der Waals surface area (Å²) in [6.07, 6.45) is 3.82. The van der Waals surface area contributed by atoms with E-state index in [9.17, 15) is 13.6 Å². The number of H-pyrrole nitrogens is 1. The molecule has 1 aliphatic heterocycles. The highest BCUT2D eigenvalue weighted by Crippen LogP contribution is 2.39. The summed E-state index contributed by atoms with van der Waals surface area (Å²) in [5.41, 5.74) is 1.51. The van der Waals surface area contributed by atoms with Gasteiger partial charge in [-0.1, -0.05) is 12.6 Å². The molecule has 218 valence electrons. The Hall–Kier alpha value is -4.10. The second-order valence-electron chi connectivity index (χ2n) is 10.4. The zero-order chi connectivity index (χ0) is 29.3. The second-order valence-corrected chi connectivity index (χ2v) is 11.3. The van der Waals surface area contributed by atoms with Gasteiger partial charge in [-0.05, 0) is 61.2 Å². The highest BCUT2D eigenvalue weighted by molar-refractivity contribution is 7.97. The van der Waals surface area contributed by atoms with Gasteiger partial charge < -0.3 is 15.0 Å². The number of alkyl halides is 2. The number of fused-ring (bicyclic) bond motifs is 1. The van der Waals surface area contributed by atoms with Gasteiger partial charge in [0.2, 0.25) is 5.91 Å². The Morgan fingerprint density at radius 1 is 1.14 bits per heavy atom. The van der Waals surface area contributed by atoms with Gasteiger partial charge in [-0.25, -0.2) is 23.1 Å². The molecule has 42 heavy (non-hydrogen) atoms. The maximum Gasteiger partial charge on any atom is 0.251 e. The summed E-state index contributed by atoms with van der Waals surface area (Å²) in [6.45, 7) is 4.76. The molecule has 3 N–H and O–H groups in total. The molecular weight excluding hydrogens is 567 g/mol. The van der Waals surface area contributed by atoms with Crippen molar-refractivity contribution in [2.45, 2.75) is 48.5 Å². The highest BCUT2D eigenvalue weighted by atomic mass is 32.2. The fourth-order valence-corrected chi connectivity index (χ4v) is 6.00. The molecule has 0 unspecified atom stereocenters. The number of piperidine rings is 1. The van der Waals surface area contributed by atoms with Crippen molar-refractivity contribution >= 4 is 40.4 Å². The van der Waals surface area contributed by atoms with Crippen LogP contribution in [0.5, 0.6) is 11.5 Å². The van der Waals surface area contributed by atoms with Crippen molar-refractivity contribution in [3.63, 3.8) is 0 Å². The molecule has 9 nitrogen and oxygen atoms in total. The van der Waals surface area contributed by atoms with E-state index >= 15 is 4.39 Å². The standard InChI is InChI=1S/C29H28F3N7O2S/c1-2-24(40)39-10-8-17(9-11-39)26-25-27(33-16-34-28(25)37-36-26)35-23-7-6-20(13-22(23)30)41-19-4-3-5-21(12-19)42-38-18-14-29(31,32)15-18/h2-7,12-13,16-18,38H,1,8-11,14-15H2,(H2,33,34,35,36,37). The van der Waals surface area contributed by atoms with Crippen molar-refractivity contribution in [1.29, 1.82) is 0 Å². The molecule has 1 amide bonds. The van der Waals surface area contributed by atoms with Crippen molar-refractivity contribution in [2.24, 2.45) is 0 Å². The summed E-state index contributed by atoms with van der Waals surface area (Å²) in [5.74, 6) is -1.90. The Bertz CT molecular complexity index is 1620. The Kier molecular flexibility index (Phi) is 7.78. The van der Waals surface area contributed by atoms with E-state index < -0.39 is 11.7 Å². The first-order chi connectivity index (χ1) is 20.3. The molecule has 2 aliphatic rings. The van der Waals surface area contributed by atoms with Crippen molar-refractivity contribution in [3.8, 4) is 11.5 Å². The van der Waals surface area contributed by atoms with Crippen LogP contribution in [-0.2, 0) is 4.79 Å². The molecule has 1 aliphatic carbocycles. The van der Waals surface area contributed by atoms with Gasteiger partial charge in [0, 0.05) is 48.9 Å². The van der Waals surface area contributed by atoms with Crippen LogP contribution in [0.4, 0.5) is 24.7 Å². The number of ether oxygens (including phenoxy) is 1. The van der Waals surface area contributed by atoms with Crippen LogP contribution in [-0.4, -0.2) is 56.0 Å². The second kappa shape index (κ2) is 11.6. The zero-order valence-corrected chi connectivity index (χ0v) is 23.3. The van der Waals surface area contributed by atoms with Gasteiger partial charge >= 0.3 is 0 Å². The first kappa shape index (κ1) is 28.0. The molecule has 3 heterocycles. The number of anilines is 2.